The summed E-state index contributed by atoms with van der Waals surface area (Å²) in [5, 5.41) is 3.73. The highest BCUT2D eigenvalue weighted by atomic mass is 35.5. The lowest BCUT2D eigenvalue weighted by Gasteiger charge is -2.41. The number of amides is 1. The van der Waals surface area contributed by atoms with Crippen molar-refractivity contribution in [2.75, 3.05) is 18.0 Å². The molecule has 3 rings (SSSR count). The van der Waals surface area contributed by atoms with Crippen LogP contribution < -0.4 is 10.2 Å². The second-order valence-corrected chi connectivity index (χ2v) is 4.68. The molecule has 0 aliphatic carbocycles. The average Bonchev–Trinajstić information content (AvgIpc) is 2.30. The molecule has 84 valence electrons. The summed E-state index contributed by atoms with van der Waals surface area (Å²) < 4.78 is 0. The first-order valence-corrected chi connectivity index (χ1v) is 5.97. The monoisotopic (exact) mass is 236 g/mol. The zero-order chi connectivity index (χ0) is 11.1. The quantitative estimate of drug-likeness (QED) is 0.742. The summed E-state index contributed by atoms with van der Waals surface area (Å²) in [6.45, 7) is 1.60. The summed E-state index contributed by atoms with van der Waals surface area (Å²) in [4.78, 5) is 13.9. The smallest absolute Gasteiger partial charge is 0.242 e. The maximum absolute atomic E-state index is 11.7. The Kier molecular flexibility index (Phi) is 2.28. The minimum atomic E-state index is -0.000262. The van der Waals surface area contributed by atoms with Crippen LogP contribution in [0.2, 0.25) is 5.02 Å². The Morgan fingerprint density at radius 1 is 1.44 bits per heavy atom. The van der Waals surface area contributed by atoms with Gasteiger partial charge in [-0.1, -0.05) is 17.7 Å². The molecule has 1 saturated heterocycles. The third kappa shape index (κ3) is 1.39. The highest BCUT2D eigenvalue weighted by Gasteiger charge is 2.34. The fraction of sp³-hybridized carbons (Fsp3) is 0.417. The van der Waals surface area contributed by atoms with Crippen molar-refractivity contribution < 1.29 is 4.79 Å². The summed E-state index contributed by atoms with van der Waals surface area (Å²) in [6, 6.07) is 5.94. The number of nitrogens with one attached hydrogen (secondary N) is 1. The van der Waals surface area contributed by atoms with Gasteiger partial charge in [0.2, 0.25) is 5.91 Å². The van der Waals surface area contributed by atoms with E-state index in [0.29, 0.717) is 0 Å². The third-order valence-corrected chi connectivity index (χ3v) is 3.76. The van der Waals surface area contributed by atoms with E-state index in [9.17, 15) is 4.79 Å². The molecule has 2 heterocycles. The van der Waals surface area contributed by atoms with Gasteiger partial charge in [0.25, 0.3) is 0 Å². The van der Waals surface area contributed by atoms with Gasteiger partial charge in [0.15, 0.2) is 0 Å². The van der Waals surface area contributed by atoms with Crippen molar-refractivity contribution >= 4 is 23.2 Å². The van der Waals surface area contributed by atoms with Gasteiger partial charge in [-0.25, -0.2) is 0 Å². The number of piperazine rings is 1. The van der Waals surface area contributed by atoms with Crippen LogP contribution in [0.4, 0.5) is 5.69 Å². The lowest BCUT2D eigenvalue weighted by Crippen LogP contribution is -2.57. The lowest BCUT2D eigenvalue weighted by atomic mass is 9.94. The molecule has 0 aromatic heterocycles. The molecule has 2 aliphatic rings. The molecule has 3 nitrogen and oxygen atoms in total. The number of carbonyl (C=O) groups excluding carboxylic acids is 1. The SMILES string of the molecule is O=C1NCCN2c3cccc(Cl)c3CCC12. The van der Waals surface area contributed by atoms with Gasteiger partial charge < -0.3 is 10.2 Å². The number of fused-ring (bicyclic) bond motifs is 3. The molecule has 1 amide bonds. The van der Waals surface area contributed by atoms with Crippen molar-refractivity contribution in [3.8, 4) is 0 Å². The standard InChI is InChI=1S/C12H13ClN2O/c13-9-2-1-3-10-8(9)4-5-11-12(16)14-6-7-15(10)11/h1-3,11H,4-7H2,(H,14,16). The van der Waals surface area contributed by atoms with Crippen molar-refractivity contribution in [1.82, 2.24) is 5.32 Å². The molecule has 1 N–H and O–H groups in total. The minimum absolute atomic E-state index is 0.000262. The number of benzene rings is 1. The number of anilines is 1. The average molecular weight is 237 g/mol. The van der Waals surface area contributed by atoms with Crippen molar-refractivity contribution in [3.63, 3.8) is 0 Å². The topological polar surface area (TPSA) is 32.3 Å². The molecule has 4 heteroatoms. The Morgan fingerprint density at radius 2 is 2.31 bits per heavy atom. The largest absolute Gasteiger partial charge is 0.357 e. The maximum atomic E-state index is 11.7. The zero-order valence-corrected chi connectivity index (χ0v) is 9.63. The van der Waals surface area contributed by atoms with Crippen LogP contribution in [-0.4, -0.2) is 25.0 Å². The molecule has 16 heavy (non-hydrogen) atoms. The Morgan fingerprint density at radius 3 is 3.19 bits per heavy atom. The van der Waals surface area contributed by atoms with Gasteiger partial charge in [-0.2, -0.15) is 0 Å². The number of nitrogens with zero attached hydrogens (tertiary/aromatic N) is 1. The third-order valence-electron chi connectivity index (χ3n) is 3.40. The number of hydrogen-bond donors (Lipinski definition) is 1. The molecule has 1 aromatic rings. The van der Waals surface area contributed by atoms with Gasteiger partial charge in [0.05, 0.1) is 0 Å². The number of halogens is 1. The first-order chi connectivity index (χ1) is 7.77. The van der Waals surface area contributed by atoms with Crippen LogP contribution >= 0.6 is 11.6 Å². The lowest BCUT2D eigenvalue weighted by molar-refractivity contribution is -0.123. The first kappa shape index (κ1) is 9.97. The molecule has 1 fully saturated rings. The van der Waals surface area contributed by atoms with E-state index in [0.717, 1.165) is 36.6 Å². The molecule has 0 radical (unpaired) electrons. The Labute approximate surface area is 99.4 Å². The summed E-state index contributed by atoms with van der Waals surface area (Å²) in [5.41, 5.74) is 2.33. The molecule has 0 spiro atoms. The van der Waals surface area contributed by atoms with E-state index in [-0.39, 0.29) is 11.9 Å². The maximum Gasteiger partial charge on any atom is 0.242 e. The fourth-order valence-corrected chi connectivity index (χ4v) is 2.90. The van der Waals surface area contributed by atoms with E-state index in [1.54, 1.807) is 0 Å². The van der Waals surface area contributed by atoms with Gasteiger partial charge in [0.1, 0.15) is 6.04 Å². The second kappa shape index (κ2) is 3.67. The minimum Gasteiger partial charge on any atom is -0.357 e. The first-order valence-electron chi connectivity index (χ1n) is 5.59. The Hall–Kier alpha value is -1.22. The molecular weight excluding hydrogens is 224 g/mol. The van der Waals surface area contributed by atoms with Crippen molar-refractivity contribution in [1.29, 1.82) is 0 Å². The van der Waals surface area contributed by atoms with Gasteiger partial charge in [0, 0.05) is 23.8 Å². The molecule has 0 bridgehead atoms. The van der Waals surface area contributed by atoms with Gasteiger partial charge in [-0.3, -0.25) is 4.79 Å². The molecule has 2 aliphatic heterocycles. The van der Waals surface area contributed by atoms with Crippen LogP contribution in [0, 0.1) is 0 Å². The van der Waals surface area contributed by atoms with E-state index in [2.05, 4.69) is 16.3 Å². The van der Waals surface area contributed by atoms with E-state index >= 15 is 0 Å². The molecule has 1 aromatic carbocycles. The predicted octanol–water partition coefficient (Wildman–Crippen LogP) is 1.59. The van der Waals surface area contributed by atoms with Crippen LogP contribution in [0.25, 0.3) is 0 Å². The van der Waals surface area contributed by atoms with Gasteiger partial charge >= 0.3 is 0 Å². The van der Waals surface area contributed by atoms with Gasteiger partial charge in [-0.15, -0.1) is 0 Å². The second-order valence-electron chi connectivity index (χ2n) is 4.28. The van der Waals surface area contributed by atoms with E-state index < -0.39 is 0 Å². The Balaban J connectivity index is 2.06. The summed E-state index contributed by atoms with van der Waals surface area (Å²) in [7, 11) is 0. The fourth-order valence-electron chi connectivity index (χ4n) is 2.63. The predicted molar refractivity (Wildman–Crippen MR) is 63.9 cm³/mol. The van der Waals surface area contributed by atoms with Crippen molar-refractivity contribution in [2.24, 2.45) is 0 Å². The molecule has 1 unspecified atom stereocenters. The number of rotatable bonds is 0. The molecular formula is C12H13ClN2O. The summed E-state index contributed by atoms with van der Waals surface area (Å²) in [6.07, 6.45) is 1.76. The van der Waals surface area contributed by atoms with Crippen molar-refractivity contribution in [2.45, 2.75) is 18.9 Å². The van der Waals surface area contributed by atoms with Crippen LogP contribution in [0.3, 0.4) is 0 Å². The van der Waals surface area contributed by atoms with Crippen LogP contribution in [-0.2, 0) is 11.2 Å². The van der Waals surface area contributed by atoms with Crippen LogP contribution in [0.15, 0.2) is 18.2 Å². The van der Waals surface area contributed by atoms with E-state index in [1.165, 1.54) is 5.56 Å². The molecule has 1 atom stereocenters. The van der Waals surface area contributed by atoms with Crippen LogP contribution in [0.5, 0.6) is 0 Å². The normalized spacial score (nSPS) is 23.4. The number of hydrogen-bond acceptors (Lipinski definition) is 2. The zero-order valence-electron chi connectivity index (χ0n) is 8.87. The highest BCUT2D eigenvalue weighted by molar-refractivity contribution is 6.31. The van der Waals surface area contributed by atoms with Crippen molar-refractivity contribution in [3.05, 3.63) is 28.8 Å². The van der Waals surface area contributed by atoms with Gasteiger partial charge in [-0.05, 0) is 30.5 Å². The molecule has 0 saturated carbocycles. The Bertz CT molecular complexity index is 447. The van der Waals surface area contributed by atoms with E-state index in [1.807, 2.05) is 12.1 Å². The summed E-state index contributed by atoms with van der Waals surface area (Å²) >= 11 is 6.18. The van der Waals surface area contributed by atoms with E-state index in [4.69, 9.17) is 11.6 Å². The van der Waals surface area contributed by atoms with Crippen LogP contribution in [0.1, 0.15) is 12.0 Å². The highest BCUT2D eigenvalue weighted by Crippen LogP contribution is 2.35. The summed E-state index contributed by atoms with van der Waals surface area (Å²) in [5.74, 6) is 0.150. The number of carbonyl (C=O) groups is 1.